The maximum absolute atomic E-state index is 12.7. The van der Waals surface area contributed by atoms with Gasteiger partial charge >= 0.3 is 0 Å². The third-order valence-electron chi connectivity index (χ3n) is 4.46. The number of benzene rings is 2. The molecule has 26 heavy (non-hydrogen) atoms. The molecular weight excluding hydrogens is 396 g/mol. The van der Waals surface area contributed by atoms with Crippen molar-refractivity contribution in [1.29, 1.82) is 0 Å². The van der Waals surface area contributed by atoms with Crippen LogP contribution in [-0.4, -0.2) is 51.3 Å². The van der Waals surface area contributed by atoms with Gasteiger partial charge in [-0.25, -0.2) is 0 Å². The number of methoxy groups -OCH3 is 1. The van der Waals surface area contributed by atoms with Gasteiger partial charge in [-0.2, -0.15) is 0 Å². The monoisotopic (exact) mass is 418 g/mol. The van der Waals surface area contributed by atoms with E-state index in [1.54, 1.807) is 7.11 Å². The summed E-state index contributed by atoms with van der Waals surface area (Å²) in [5.41, 5.74) is 2.82. The number of anilines is 1. The van der Waals surface area contributed by atoms with Crippen LogP contribution in [0.25, 0.3) is 0 Å². The van der Waals surface area contributed by atoms with Crippen molar-refractivity contribution < 1.29 is 14.3 Å². The third kappa shape index (κ3) is 4.37. The highest BCUT2D eigenvalue weighted by atomic mass is 79.9. The number of halogens is 1. The number of carbonyl (C=O) groups is 1. The average Bonchev–Trinajstić information content (AvgIpc) is 2.68. The van der Waals surface area contributed by atoms with Crippen molar-refractivity contribution in [2.75, 3.05) is 45.4 Å². The fraction of sp³-hybridized carbons (Fsp3) is 0.350. The second kappa shape index (κ2) is 8.56. The quantitative estimate of drug-likeness (QED) is 0.744. The van der Waals surface area contributed by atoms with Gasteiger partial charge in [0.05, 0.1) is 26.0 Å². The summed E-state index contributed by atoms with van der Waals surface area (Å²) < 4.78 is 11.6. The molecule has 0 unspecified atom stereocenters. The van der Waals surface area contributed by atoms with E-state index in [4.69, 9.17) is 9.47 Å². The van der Waals surface area contributed by atoms with Crippen molar-refractivity contribution in [1.82, 2.24) is 4.90 Å². The molecule has 138 valence electrons. The SMILES string of the molecule is COc1cccc(CN(C)c2cc(C(=O)N3CCOCC3)ccc2Br)c1. The minimum atomic E-state index is 0.0526. The van der Waals surface area contributed by atoms with Crippen LogP contribution in [0.4, 0.5) is 5.69 Å². The van der Waals surface area contributed by atoms with Crippen molar-refractivity contribution in [3.05, 3.63) is 58.1 Å². The Morgan fingerprint density at radius 2 is 2.00 bits per heavy atom. The van der Waals surface area contributed by atoms with Crippen LogP contribution >= 0.6 is 15.9 Å². The Kier molecular flexibility index (Phi) is 6.16. The number of hydrogen-bond donors (Lipinski definition) is 0. The van der Waals surface area contributed by atoms with Gasteiger partial charge in [0.15, 0.2) is 0 Å². The molecule has 3 rings (SSSR count). The number of morpholine rings is 1. The molecule has 0 bridgehead atoms. The Hall–Kier alpha value is -2.05. The summed E-state index contributed by atoms with van der Waals surface area (Å²) in [5, 5.41) is 0. The molecule has 1 amide bonds. The lowest BCUT2D eigenvalue weighted by Crippen LogP contribution is -2.40. The van der Waals surface area contributed by atoms with E-state index in [0.29, 0.717) is 38.4 Å². The Balaban J connectivity index is 1.78. The number of amides is 1. The van der Waals surface area contributed by atoms with Crippen molar-refractivity contribution in [3.63, 3.8) is 0 Å². The number of nitrogens with zero attached hydrogens (tertiary/aromatic N) is 2. The van der Waals surface area contributed by atoms with Gasteiger partial charge in [0.1, 0.15) is 5.75 Å². The molecule has 1 aliphatic heterocycles. The lowest BCUT2D eigenvalue weighted by Gasteiger charge is -2.28. The minimum Gasteiger partial charge on any atom is -0.497 e. The number of ether oxygens (including phenoxy) is 2. The highest BCUT2D eigenvalue weighted by molar-refractivity contribution is 9.10. The summed E-state index contributed by atoms with van der Waals surface area (Å²) in [6.07, 6.45) is 0. The van der Waals surface area contributed by atoms with E-state index in [2.05, 4.69) is 26.9 Å². The fourth-order valence-electron chi connectivity index (χ4n) is 3.02. The molecule has 0 saturated carbocycles. The van der Waals surface area contributed by atoms with Crippen LogP contribution < -0.4 is 9.64 Å². The summed E-state index contributed by atoms with van der Waals surface area (Å²) in [6.45, 7) is 3.20. The third-order valence-corrected chi connectivity index (χ3v) is 5.13. The molecule has 1 saturated heterocycles. The van der Waals surface area contributed by atoms with Gasteiger partial charge in [-0.15, -0.1) is 0 Å². The number of carbonyl (C=O) groups excluding carboxylic acids is 1. The molecule has 5 nitrogen and oxygen atoms in total. The van der Waals surface area contributed by atoms with Crippen LogP contribution in [0.2, 0.25) is 0 Å². The maximum atomic E-state index is 12.7. The lowest BCUT2D eigenvalue weighted by molar-refractivity contribution is 0.0303. The van der Waals surface area contributed by atoms with E-state index in [1.807, 2.05) is 48.3 Å². The zero-order chi connectivity index (χ0) is 18.5. The average molecular weight is 419 g/mol. The van der Waals surface area contributed by atoms with Gasteiger partial charge in [-0.1, -0.05) is 12.1 Å². The molecule has 1 fully saturated rings. The minimum absolute atomic E-state index is 0.0526. The smallest absolute Gasteiger partial charge is 0.254 e. The van der Waals surface area contributed by atoms with Crippen LogP contribution in [0.5, 0.6) is 5.75 Å². The van der Waals surface area contributed by atoms with E-state index < -0.39 is 0 Å². The van der Waals surface area contributed by atoms with Gasteiger partial charge in [-0.05, 0) is 51.8 Å². The van der Waals surface area contributed by atoms with E-state index in [1.165, 1.54) is 0 Å². The normalized spacial score (nSPS) is 14.2. The first-order valence-electron chi connectivity index (χ1n) is 8.59. The molecule has 0 aromatic heterocycles. The predicted octanol–water partition coefficient (Wildman–Crippen LogP) is 3.57. The van der Waals surface area contributed by atoms with Crippen LogP contribution in [0.1, 0.15) is 15.9 Å². The molecule has 2 aromatic carbocycles. The molecule has 1 aliphatic rings. The van der Waals surface area contributed by atoms with Crippen molar-refractivity contribution in [2.24, 2.45) is 0 Å². The number of hydrogen-bond acceptors (Lipinski definition) is 4. The van der Waals surface area contributed by atoms with Crippen LogP contribution in [0.15, 0.2) is 46.9 Å². The zero-order valence-corrected chi connectivity index (χ0v) is 16.7. The van der Waals surface area contributed by atoms with Gasteiger partial charge in [0, 0.05) is 36.7 Å². The molecule has 6 heteroatoms. The van der Waals surface area contributed by atoms with E-state index in [-0.39, 0.29) is 5.91 Å². The first kappa shape index (κ1) is 18.7. The Morgan fingerprint density at radius 1 is 1.23 bits per heavy atom. The van der Waals surface area contributed by atoms with Crippen LogP contribution in [0, 0.1) is 0 Å². The van der Waals surface area contributed by atoms with Gasteiger partial charge in [0.25, 0.3) is 5.91 Å². The van der Waals surface area contributed by atoms with E-state index >= 15 is 0 Å². The van der Waals surface area contributed by atoms with E-state index in [0.717, 1.165) is 21.5 Å². The first-order chi connectivity index (χ1) is 12.6. The number of rotatable bonds is 5. The van der Waals surface area contributed by atoms with Gasteiger partial charge in [0.2, 0.25) is 0 Å². The maximum Gasteiger partial charge on any atom is 0.254 e. The van der Waals surface area contributed by atoms with Gasteiger partial charge < -0.3 is 19.3 Å². The predicted molar refractivity (Wildman–Crippen MR) is 106 cm³/mol. The highest BCUT2D eigenvalue weighted by Crippen LogP contribution is 2.29. The summed E-state index contributed by atoms with van der Waals surface area (Å²) in [4.78, 5) is 16.7. The summed E-state index contributed by atoms with van der Waals surface area (Å²) >= 11 is 3.61. The second-order valence-electron chi connectivity index (χ2n) is 6.28. The molecular formula is C20H23BrN2O3. The molecule has 0 aliphatic carbocycles. The zero-order valence-electron chi connectivity index (χ0n) is 15.1. The van der Waals surface area contributed by atoms with E-state index in [9.17, 15) is 4.79 Å². The van der Waals surface area contributed by atoms with Crippen LogP contribution in [0.3, 0.4) is 0 Å². The molecule has 0 N–H and O–H groups in total. The lowest BCUT2D eigenvalue weighted by atomic mass is 10.1. The summed E-state index contributed by atoms with van der Waals surface area (Å²) in [5.74, 6) is 0.892. The first-order valence-corrected chi connectivity index (χ1v) is 9.38. The molecule has 1 heterocycles. The van der Waals surface area contributed by atoms with Crippen molar-refractivity contribution >= 4 is 27.5 Å². The Labute approximate surface area is 162 Å². The largest absolute Gasteiger partial charge is 0.497 e. The molecule has 0 radical (unpaired) electrons. The van der Waals surface area contributed by atoms with Gasteiger partial charge in [-0.3, -0.25) is 4.79 Å². The fourth-order valence-corrected chi connectivity index (χ4v) is 3.57. The standard InChI is InChI=1S/C20H23BrN2O3/c1-22(14-15-4-3-5-17(12-15)25-2)19-13-16(6-7-18(19)21)20(24)23-8-10-26-11-9-23/h3-7,12-13H,8-11,14H2,1-2H3. The second-order valence-corrected chi connectivity index (χ2v) is 7.13. The molecule has 0 atom stereocenters. The van der Waals surface area contributed by atoms with Crippen molar-refractivity contribution in [3.8, 4) is 5.75 Å². The topological polar surface area (TPSA) is 42.0 Å². The summed E-state index contributed by atoms with van der Waals surface area (Å²) in [7, 11) is 3.68. The van der Waals surface area contributed by atoms with Crippen LogP contribution in [-0.2, 0) is 11.3 Å². The Morgan fingerprint density at radius 3 is 2.73 bits per heavy atom. The molecule has 0 spiro atoms. The Bertz CT molecular complexity index is 775. The highest BCUT2D eigenvalue weighted by Gasteiger charge is 2.20. The summed E-state index contributed by atoms with van der Waals surface area (Å²) in [6, 6.07) is 13.7. The molecule has 2 aromatic rings. The van der Waals surface area contributed by atoms with Crippen molar-refractivity contribution in [2.45, 2.75) is 6.54 Å².